The first-order valence-corrected chi connectivity index (χ1v) is 4.62. The molecule has 1 fully saturated rings. The molecule has 0 bridgehead atoms. The van der Waals surface area contributed by atoms with E-state index in [0.29, 0.717) is 6.67 Å². The van der Waals surface area contributed by atoms with Gasteiger partial charge in [-0.25, -0.2) is 0 Å². The lowest BCUT2D eigenvalue weighted by molar-refractivity contribution is -0.131. The highest BCUT2D eigenvalue weighted by atomic mass is 16.2. The first kappa shape index (κ1) is 9.52. The summed E-state index contributed by atoms with van der Waals surface area (Å²) in [6.45, 7) is 7.61. The highest BCUT2D eigenvalue weighted by Crippen LogP contribution is 2.14. The molecule has 1 aliphatic rings. The zero-order valence-electron chi connectivity index (χ0n) is 8.18. The third-order valence-electron chi connectivity index (χ3n) is 2.32. The van der Waals surface area contributed by atoms with Crippen LogP contribution in [0.15, 0.2) is 0 Å². The Labute approximate surface area is 74.1 Å². The van der Waals surface area contributed by atoms with E-state index in [-0.39, 0.29) is 11.4 Å². The summed E-state index contributed by atoms with van der Waals surface area (Å²) in [4.78, 5) is 13.5. The van der Waals surface area contributed by atoms with E-state index in [1.54, 1.807) is 0 Å². The quantitative estimate of drug-likeness (QED) is 0.684. The minimum Gasteiger partial charge on any atom is -0.328 e. The first-order valence-electron chi connectivity index (χ1n) is 4.62. The number of nitrogens with zero attached hydrogens (tertiary/aromatic N) is 1. The van der Waals surface area contributed by atoms with Gasteiger partial charge in [-0.3, -0.25) is 10.1 Å². The second-order valence-electron chi connectivity index (χ2n) is 3.88. The van der Waals surface area contributed by atoms with E-state index in [1.807, 2.05) is 18.7 Å². The van der Waals surface area contributed by atoms with Crippen molar-refractivity contribution >= 4 is 5.91 Å². The summed E-state index contributed by atoms with van der Waals surface area (Å²) in [5.74, 6) is 0.232. The molecule has 1 heterocycles. The zero-order chi connectivity index (χ0) is 9.19. The molecule has 3 nitrogen and oxygen atoms in total. The summed E-state index contributed by atoms with van der Waals surface area (Å²) >= 11 is 0. The van der Waals surface area contributed by atoms with Gasteiger partial charge in [0.15, 0.2) is 0 Å². The summed E-state index contributed by atoms with van der Waals surface area (Å²) < 4.78 is 0. The number of rotatable bonds is 3. The molecule has 0 aromatic rings. The van der Waals surface area contributed by atoms with Gasteiger partial charge >= 0.3 is 0 Å². The Hall–Kier alpha value is -0.570. The summed E-state index contributed by atoms with van der Waals surface area (Å²) in [5.41, 5.74) is -0.340. The number of carbonyl (C=O) groups excluding carboxylic acids is 1. The minimum atomic E-state index is -0.340. The highest BCUT2D eigenvalue weighted by Gasteiger charge is 2.37. The predicted octanol–water partition coefficient (Wildman–Crippen LogP) is 0.954. The van der Waals surface area contributed by atoms with Crippen LogP contribution in [0.1, 0.15) is 33.6 Å². The number of amides is 1. The first-order chi connectivity index (χ1) is 5.58. The third kappa shape index (κ3) is 1.78. The molecule has 1 rings (SSSR count). The van der Waals surface area contributed by atoms with Crippen LogP contribution in [0.25, 0.3) is 0 Å². The molecule has 0 aromatic heterocycles. The lowest BCUT2D eigenvalue weighted by Crippen LogP contribution is -2.40. The fraction of sp³-hybridized carbons (Fsp3) is 0.889. The SMILES string of the molecule is CCCCN1CNC(C)(C)C1=O. The molecule has 12 heavy (non-hydrogen) atoms. The van der Waals surface area contributed by atoms with Gasteiger partial charge in [0.25, 0.3) is 0 Å². The van der Waals surface area contributed by atoms with Crippen LogP contribution in [0.3, 0.4) is 0 Å². The summed E-state index contributed by atoms with van der Waals surface area (Å²) in [7, 11) is 0. The Bertz CT molecular complexity index is 177. The molecule has 0 aliphatic carbocycles. The molecule has 0 spiro atoms. The monoisotopic (exact) mass is 170 g/mol. The third-order valence-corrected chi connectivity index (χ3v) is 2.32. The van der Waals surface area contributed by atoms with Crippen LogP contribution >= 0.6 is 0 Å². The fourth-order valence-electron chi connectivity index (χ4n) is 1.37. The van der Waals surface area contributed by atoms with Gasteiger partial charge in [-0.2, -0.15) is 0 Å². The summed E-state index contributed by atoms with van der Waals surface area (Å²) in [6, 6.07) is 0. The van der Waals surface area contributed by atoms with Gasteiger partial charge in [0.2, 0.25) is 5.91 Å². The number of nitrogens with one attached hydrogen (secondary N) is 1. The smallest absolute Gasteiger partial charge is 0.243 e. The van der Waals surface area contributed by atoms with E-state index in [1.165, 1.54) is 0 Å². The Morgan fingerprint density at radius 1 is 1.58 bits per heavy atom. The Balaban J connectivity index is 2.44. The van der Waals surface area contributed by atoms with E-state index in [4.69, 9.17) is 0 Å². The van der Waals surface area contributed by atoms with Crippen LogP contribution in [0.5, 0.6) is 0 Å². The lowest BCUT2D eigenvalue weighted by Gasteiger charge is -2.17. The van der Waals surface area contributed by atoms with Crippen molar-refractivity contribution in [2.75, 3.05) is 13.2 Å². The van der Waals surface area contributed by atoms with Crippen molar-refractivity contribution in [2.45, 2.75) is 39.2 Å². The topological polar surface area (TPSA) is 32.3 Å². The molecule has 1 aliphatic heterocycles. The second kappa shape index (κ2) is 3.44. The van der Waals surface area contributed by atoms with Crippen molar-refractivity contribution in [3.63, 3.8) is 0 Å². The van der Waals surface area contributed by atoms with Gasteiger partial charge in [0.1, 0.15) is 0 Å². The Morgan fingerprint density at radius 3 is 2.67 bits per heavy atom. The molecule has 0 unspecified atom stereocenters. The Kier molecular flexibility index (Phi) is 2.73. The molecule has 70 valence electrons. The second-order valence-corrected chi connectivity index (χ2v) is 3.88. The van der Waals surface area contributed by atoms with Crippen LogP contribution in [-0.4, -0.2) is 29.6 Å². The van der Waals surface area contributed by atoms with Gasteiger partial charge in [-0.15, -0.1) is 0 Å². The van der Waals surface area contributed by atoms with Crippen molar-refractivity contribution in [2.24, 2.45) is 0 Å². The fourth-order valence-corrected chi connectivity index (χ4v) is 1.37. The number of carbonyl (C=O) groups is 1. The van der Waals surface area contributed by atoms with Crippen molar-refractivity contribution in [3.8, 4) is 0 Å². The standard InChI is InChI=1S/C9H18N2O/c1-4-5-6-11-7-10-9(2,3)8(11)12/h10H,4-7H2,1-3H3. The van der Waals surface area contributed by atoms with Crippen LogP contribution in [-0.2, 0) is 4.79 Å². The van der Waals surface area contributed by atoms with E-state index in [2.05, 4.69) is 12.2 Å². The van der Waals surface area contributed by atoms with Crippen molar-refractivity contribution in [1.29, 1.82) is 0 Å². The van der Waals surface area contributed by atoms with Crippen LogP contribution in [0.4, 0.5) is 0 Å². The van der Waals surface area contributed by atoms with Crippen LogP contribution < -0.4 is 5.32 Å². The van der Waals surface area contributed by atoms with Gasteiger partial charge < -0.3 is 4.90 Å². The maximum atomic E-state index is 11.6. The largest absolute Gasteiger partial charge is 0.328 e. The highest BCUT2D eigenvalue weighted by molar-refractivity contribution is 5.87. The van der Waals surface area contributed by atoms with E-state index < -0.39 is 0 Å². The average molecular weight is 170 g/mol. The molecule has 0 atom stereocenters. The molecule has 1 N–H and O–H groups in total. The van der Waals surface area contributed by atoms with E-state index in [9.17, 15) is 4.79 Å². The van der Waals surface area contributed by atoms with Gasteiger partial charge in [-0.1, -0.05) is 13.3 Å². The molecule has 0 saturated carbocycles. The number of unbranched alkanes of at least 4 members (excludes halogenated alkanes) is 1. The molecular formula is C9H18N2O. The van der Waals surface area contributed by atoms with Gasteiger partial charge in [-0.05, 0) is 20.3 Å². The number of hydrogen-bond acceptors (Lipinski definition) is 2. The van der Waals surface area contributed by atoms with Crippen molar-refractivity contribution in [3.05, 3.63) is 0 Å². The molecule has 3 heteroatoms. The molecule has 1 saturated heterocycles. The van der Waals surface area contributed by atoms with Crippen LogP contribution in [0.2, 0.25) is 0 Å². The summed E-state index contributed by atoms with van der Waals surface area (Å²) in [6.07, 6.45) is 2.24. The predicted molar refractivity (Wildman–Crippen MR) is 48.7 cm³/mol. The molecular weight excluding hydrogens is 152 g/mol. The molecule has 0 radical (unpaired) electrons. The van der Waals surface area contributed by atoms with Crippen LogP contribution in [0, 0.1) is 0 Å². The molecule has 1 amide bonds. The normalized spacial score (nSPS) is 21.9. The average Bonchev–Trinajstić information content (AvgIpc) is 2.26. The maximum absolute atomic E-state index is 11.6. The van der Waals surface area contributed by atoms with Gasteiger partial charge in [0, 0.05) is 6.54 Å². The Morgan fingerprint density at radius 2 is 2.25 bits per heavy atom. The maximum Gasteiger partial charge on any atom is 0.243 e. The van der Waals surface area contributed by atoms with Gasteiger partial charge in [0.05, 0.1) is 12.2 Å². The molecule has 0 aromatic carbocycles. The lowest BCUT2D eigenvalue weighted by atomic mass is 10.1. The minimum absolute atomic E-state index is 0.232. The zero-order valence-corrected chi connectivity index (χ0v) is 8.18. The van der Waals surface area contributed by atoms with E-state index in [0.717, 1.165) is 19.4 Å². The van der Waals surface area contributed by atoms with Crippen molar-refractivity contribution < 1.29 is 4.79 Å². The number of hydrogen-bond donors (Lipinski definition) is 1. The van der Waals surface area contributed by atoms with Crippen molar-refractivity contribution in [1.82, 2.24) is 10.2 Å². The van der Waals surface area contributed by atoms with E-state index >= 15 is 0 Å². The summed E-state index contributed by atoms with van der Waals surface area (Å²) in [5, 5.41) is 3.18.